The Hall–Kier alpha value is -2.03. The molecule has 0 aromatic heterocycles. The van der Waals surface area contributed by atoms with Gasteiger partial charge < -0.3 is 10.5 Å². The van der Waals surface area contributed by atoms with E-state index in [2.05, 4.69) is 6.07 Å². The van der Waals surface area contributed by atoms with Gasteiger partial charge in [-0.15, -0.1) is 0 Å². The molecule has 108 valence electrons. The highest BCUT2D eigenvalue weighted by molar-refractivity contribution is 7.84. The average molecular weight is 321 g/mol. The number of rotatable bonds is 4. The van der Waals surface area contributed by atoms with E-state index in [1.807, 2.05) is 0 Å². The molecule has 1 unspecified atom stereocenters. The monoisotopic (exact) mass is 320 g/mol. The second kappa shape index (κ2) is 6.61. The van der Waals surface area contributed by atoms with Crippen molar-refractivity contribution in [3.05, 3.63) is 52.5 Å². The van der Waals surface area contributed by atoms with E-state index in [1.165, 1.54) is 7.11 Å². The minimum absolute atomic E-state index is 0.196. The van der Waals surface area contributed by atoms with Gasteiger partial charge in [0.15, 0.2) is 0 Å². The summed E-state index contributed by atoms with van der Waals surface area (Å²) in [4.78, 5) is 0.473. The number of nitriles is 1. The first kappa shape index (κ1) is 15.4. The van der Waals surface area contributed by atoms with Crippen LogP contribution in [0, 0.1) is 11.3 Å². The van der Waals surface area contributed by atoms with Crippen molar-refractivity contribution >= 4 is 28.1 Å². The highest BCUT2D eigenvalue weighted by Gasteiger charge is 2.13. The Morgan fingerprint density at radius 2 is 2.10 bits per heavy atom. The second-order valence-electron chi connectivity index (χ2n) is 4.32. The number of hydrogen-bond donors (Lipinski definition) is 1. The van der Waals surface area contributed by atoms with Crippen molar-refractivity contribution in [2.45, 2.75) is 10.6 Å². The highest BCUT2D eigenvalue weighted by Crippen LogP contribution is 2.27. The minimum Gasteiger partial charge on any atom is -0.496 e. The highest BCUT2D eigenvalue weighted by atomic mass is 35.5. The number of nitrogens with zero attached hydrogens (tertiary/aromatic N) is 1. The maximum absolute atomic E-state index is 12.5. The predicted molar refractivity (Wildman–Crippen MR) is 83.7 cm³/mol. The normalized spacial score (nSPS) is 11.7. The summed E-state index contributed by atoms with van der Waals surface area (Å²) in [6.07, 6.45) is 0. The summed E-state index contributed by atoms with van der Waals surface area (Å²) >= 11 is 6.06. The Kier molecular flexibility index (Phi) is 4.84. The van der Waals surface area contributed by atoms with Gasteiger partial charge in [-0.05, 0) is 36.4 Å². The van der Waals surface area contributed by atoms with Crippen LogP contribution in [0.4, 0.5) is 5.69 Å². The first-order valence-electron chi connectivity index (χ1n) is 6.05. The van der Waals surface area contributed by atoms with E-state index in [1.54, 1.807) is 36.4 Å². The first-order chi connectivity index (χ1) is 10.0. The smallest absolute Gasteiger partial charge is 0.123 e. The lowest BCUT2D eigenvalue weighted by molar-refractivity contribution is 0.411. The van der Waals surface area contributed by atoms with Crippen molar-refractivity contribution in [2.24, 2.45) is 0 Å². The molecule has 2 N–H and O–H groups in total. The number of nitrogen functional groups attached to an aromatic ring is 1. The van der Waals surface area contributed by atoms with Crippen LogP contribution in [0.3, 0.4) is 0 Å². The summed E-state index contributed by atoms with van der Waals surface area (Å²) in [5.74, 6) is 0.782. The average Bonchev–Trinajstić information content (AvgIpc) is 2.49. The topological polar surface area (TPSA) is 76.1 Å². The van der Waals surface area contributed by atoms with Crippen LogP contribution in [0.2, 0.25) is 5.02 Å². The Morgan fingerprint density at radius 1 is 1.33 bits per heavy atom. The summed E-state index contributed by atoms with van der Waals surface area (Å²) in [5, 5.41) is 9.35. The SMILES string of the molecule is COc1ccc(C#N)cc1CS(=O)c1cc(N)ccc1Cl. The van der Waals surface area contributed by atoms with Crippen LogP contribution < -0.4 is 10.5 Å². The van der Waals surface area contributed by atoms with E-state index < -0.39 is 10.8 Å². The zero-order valence-corrected chi connectivity index (χ0v) is 12.9. The largest absolute Gasteiger partial charge is 0.496 e. The van der Waals surface area contributed by atoms with Gasteiger partial charge in [0, 0.05) is 11.3 Å². The molecule has 0 fully saturated rings. The third kappa shape index (κ3) is 3.54. The molecule has 0 bridgehead atoms. The fraction of sp³-hybridized carbons (Fsp3) is 0.133. The van der Waals surface area contributed by atoms with Gasteiger partial charge in [0.2, 0.25) is 0 Å². The van der Waals surface area contributed by atoms with Crippen LogP contribution in [-0.2, 0) is 16.6 Å². The van der Waals surface area contributed by atoms with Crippen molar-refractivity contribution < 1.29 is 8.95 Å². The molecule has 2 aromatic carbocycles. The van der Waals surface area contributed by atoms with E-state index in [-0.39, 0.29) is 5.75 Å². The van der Waals surface area contributed by atoms with Crippen molar-refractivity contribution in [3.8, 4) is 11.8 Å². The second-order valence-corrected chi connectivity index (χ2v) is 6.14. The molecule has 0 saturated carbocycles. The molecule has 0 aliphatic rings. The van der Waals surface area contributed by atoms with Crippen LogP contribution in [0.15, 0.2) is 41.3 Å². The molecule has 0 aliphatic carbocycles. The third-order valence-electron chi connectivity index (χ3n) is 2.90. The zero-order chi connectivity index (χ0) is 15.4. The van der Waals surface area contributed by atoms with Crippen LogP contribution in [-0.4, -0.2) is 11.3 Å². The Morgan fingerprint density at radius 3 is 2.76 bits per heavy atom. The first-order valence-corrected chi connectivity index (χ1v) is 7.75. The molecule has 0 radical (unpaired) electrons. The molecule has 1 atom stereocenters. The van der Waals surface area contributed by atoms with Crippen molar-refractivity contribution in [1.29, 1.82) is 5.26 Å². The fourth-order valence-corrected chi connectivity index (χ4v) is 3.47. The Bertz CT molecular complexity index is 741. The van der Waals surface area contributed by atoms with Gasteiger partial charge in [-0.1, -0.05) is 11.6 Å². The van der Waals surface area contributed by atoms with Crippen LogP contribution in [0.5, 0.6) is 5.75 Å². The van der Waals surface area contributed by atoms with Crippen LogP contribution in [0.1, 0.15) is 11.1 Å². The van der Waals surface area contributed by atoms with Crippen LogP contribution >= 0.6 is 11.6 Å². The van der Waals surface area contributed by atoms with Gasteiger partial charge in [-0.25, -0.2) is 0 Å². The lowest BCUT2D eigenvalue weighted by Crippen LogP contribution is -2.01. The predicted octanol–water partition coefficient (Wildman–Crippen LogP) is 3.11. The standard InChI is InChI=1S/C15H13ClN2O2S/c1-20-14-5-2-10(8-17)6-11(14)9-21(19)15-7-12(18)3-4-13(15)16/h2-7H,9,18H2,1H3. The molecule has 4 nitrogen and oxygen atoms in total. The van der Waals surface area contributed by atoms with Gasteiger partial charge in [-0.2, -0.15) is 5.26 Å². The maximum Gasteiger partial charge on any atom is 0.123 e. The van der Waals surface area contributed by atoms with Crippen molar-refractivity contribution in [1.82, 2.24) is 0 Å². The summed E-state index contributed by atoms with van der Waals surface area (Å²) in [5.41, 5.74) is 7.38. The van der Waals surface area contributed by atoms with E-state index in [0.717, 1.165) is 0 Å². The lowest BCUT2D eigenvalue weighted by atomic mass is 10.1. The molecule has 6 heteroatoms. The Labute approximate surface area is 130 Å². The Balaban J connectivity index is 2.35. The molecular weight excluding hydrogens is 308 g/mol. The van der Waals surface area contributed by atoms with E-state index in [0.29, 0.717) is 32.5 Å². The van der Waals surface area contributed by atoms with Crippen molar-refractivity contribution in [3.63, 3.8) is 0 Å². The molecule has 0 heterocycles. The molecule has 0 aliphatic heterocycles. The van der Waals surface area contributed by atoms with E-state index in [4.69, 9.17) is 27.3 Å². The fourth-order valence-electron chi connectivity index (χ4n) is 1.87. The van der Waals surface area contributed by atoms with Gasteiger partial charge in [0.25, 0.3) is 0 Å². The number of ether oxygens (including phenoxy) is 1. The van der Waals surface area contributed by atoms with Crippen molar-refractivity contribution in [2.75, 3.05) is 12.8 Å². The van der Waals surface area contributed by atoms with Gasteiger partial charge >= 0.3 is 0 Å². The number of methoxy groups -OCH3 is 1. The minimum atomic E-state index is -1.38. The lowest BCUT2D eigenvalue weighted by Gasteiger charge is -2.10. The van der Waals surface area contributed by atoms with Crippen LogP contribution in [0.25, 0.3) is 0 Å². The van der Waals surface area contributed by atoms with E-state index >= 15 is 0 Å². The molecular formula is C15H13ClN2O2S. The summed E-state index contributed by atoms with van der Waals surface area (Å²) in [6.45, 7) is 0. The van der Waals surface area contributed by atoms with Gasteiger partial charge in [-0.3, -0.25) is 4.21 Å². The summed E-state index contributed by atoms with van der Waals surface area (Å²) < 4.78 is 17.7. The maximum atomic E-state index is 12.5. The quantitative estimate of drug-likeness (QED) is 0.878. The van der Waals surface area contributed by atoms with Gasteiger partial charge in [0.05, 0.1) is 45.2 Å². The molecule has 0 amide bonds. The molecule has 2 rings (SSSR count). The number of anilines is 1. The third-order valence-corrected chi connectivity index (χ3v) is 4.74. The molecule has 0 spiro atoms. The molecule has 2 aromatic rings. The molecule has 21 heavy (non-hydrogen) atoms. The number of nitrogens with two attached hydrogens (primary N) is 1. The number of hydrogen-bond acceptors (Lipinski definition) is 4. The summed E-state index contributed by atoms with van der Waals surface area (Å²) in [7, 11) is 0.149. The number of halogens is 1. The zero-order valence-electron chi connectivity index (χ0n) is 11.3. The van der Waals surface area contributed by atoms with E-state index in [9.17, 15) is 4.21 Å². The van der Waals surface area contributed by atoms with Gasteiger partial charge in [0.1, 0.15) is 5.75 Å². The number of benzene rings is 2. The molecule has 0 saturated heterocycles. The summed E-state index contributed by atoms with van der Waals surface area (Å²) in [6, 6.07) is 11.9.